The molecule has 0 unspecified atom stereocenters. The smallest absolute Gasteiger partial charge is 0.242 e. The Morgan fingerprint density at radius 1 is 1.17 bits per heavy atom. The van der Waals surface area contributed by atoms with E-state index in [1.807, 2.05) is 42.5 Å². The van der Waals surface area contributed by atoms with Gasteiger partial charge in [-0.15, -0.1) is 22.0 Å². The number of carbonyl (C=O) groups excluding carboxylic acids is 1. The lowest BCUT2D eigenvalue weighted by Crippen LogP contribution is -2.23. The highest BCUT2D eigenvalue weighted by atomic mass is 32.2. The number of H-pyrrole nitrogens is 1. The molecule has 7 heteroatoms. The zero-order valence-corrected chi connectivity index (χ0v) is 13.6. The van der Waals surface area contributed by atoms with E-state index in [0.717, 1.165) is 29.0 Å². The van der Waals surface area contributed by atoms with Crippen molar-refractivity contribution in [1.29, 1.82) is 0 Å². The second kappa shape index (κ2) is 6.45. The van der Waals surface area contributed by atoms with E-state index in [1.54, 1.807) is 11.8 Å². The van der Waals surface area contributed by atoms with E-state index >= 15 is 0 Å². The Hall–Kier alpha value is -2.67. The standard InChI is InChI=1S/C17H15N5OS/c23-17(15-14-4-2-1-3-11(14)9-10-24-15)18-13-7-5-12(6-8-13)16-19-21-22-20-16/h1-8,15H,9-10H2,(H,18,23)(H,19,20,21,22)/t15-/m0/s1. The van der Waals surface area contributed by atoms with Crippen LogP contribution in [0.3, 0.4) is 0 Å². The Labute approximate surface area is 143 Å². The van der Waals surface area contributed by atoms with Crippen LogP contribution in [0, 0.1) is 0 Å². The van der Waals surface area contributed by atoms with Crippen molar-refractivity contribution in [2.24, 2.45) is 0 Å². The number of hydrogen-bond acceptors (Lipinski definition) is 5. The van der Waals surface area contributed by atoms with Gasteiger partial charge in [0.25, 0.3) is 0 Å². The molecule has 1 aromatic heterocycles. The minimum Gasteiger partial charge on any atom is -0.325 e. The summed E-state index contributed by atoms with van der Waals surface area (Å²) >= 11 is 1.69. The molecule has 0 radical (unpaired) electrons. The monoisotopic (exact) mass is 337 g/mol. The van der Waals surface area contributed by atoms with E-state index in [2.05, 4.69) is 32.0 Å². The molecule has 0 aliphatic carbocycles. The summed E-state index contributed by atoms with van der Waals surface area (Å²) in [5.74, 6) is 1.51. The number of anilines is 1. The lowest BCUT2D eigenvalue weighted by atomic mass is 10.0. The second-order valence-corrected chi connectivity index (χ2v) is 6.71. The number of fused-ring (bicyclic) bond motifs is 1. The Morgan fingerprint density at radius 3 is 2.79 bits per heavy atom. The van der Waals surface area contributed by atoms with Gasteiger partial charge in [0.05, 0.1) is 0 Å². The number of carbonyl (C=O) groups is 1. The summed E-state index contributed by atoms with van der Waals surface area (Å²) in [6.07, 6.45) is 1.02. The molecule has 3 aromatic rings. The number of tetrazole rings is 1. The molecule has 1 atom stereocenters. The highest BCUT2D eigenvalue weighted by Gasteiger charge is 2.26. The van der Waals surface area contributed by atoms with Gasteiger partial charge in [-0.25, -0.2) is 0 Å². The third-order valence-electron chi connectivity index (χ3n) is 3.99. The molecule has 24 heavy (non-hydrogen) atoms. The number of rotatable bonds is 3. The van der Waals surface area contributed by atoms with Crippen molar-refractivity contribution >= 4 is 23.4 Å². The SMILES string of the molecule is O=C(Nc1ccc(-c2nn[nH]n2)cc1)[C@H]1SCCc2ccccc21. The zero-order valence-electron chi connectivity index (χ0n) is 12.8. The molecule has 0 fully saturated rings. The summed E-state index contributed by atoms with van der Waals surface area (Å²) in [4.78, 5) is 12.7. The molecular formula is C17H15N5OS. The largest absolute Gasteiger partial charge is 0.325 e. The van der Waals surface area contributed by atoms with E-state index in [-0.39, 0.29) is 11.2 Å². The molecule has 0 saturated heterocycles. The summed E-state index contributed by atoms with van der Waals surface area (Å²) in [5.41, 5.74) is 3.99. The summed E-state index contributed by atoms with van der Waals surface area (Å²) in [6, 6.07) is 15.6. The highest BCUT2D eigenvalue weighted by molar-refractivity contribution is 8.00. The van der Waals surface area contributed by atoms with E-state index in [0.29, 0.717) is 5.82 Å². The molecular weight excluding hydrogens is 322 g/mol. The molecule has 2 aromatic carbocycles. The fourth-order valence-corrected chi connectivity index (χ4v) is 4.00. The summed E-state index contributed by atoms with van der Waals surface area (Å²) < 4.78 is 0. The summed E-state index contributed by atoms with van der Waals surface area (Å²) in [5, 5.41) is 16.7. The third kappa shape index (κ3) is 2.90. The van der Waals surface area contributed by atoms with Gasteiger partial charge in [0.1, 0.15) is 5.25 Å². The zero-order chi connectivity index (χ0) is 16.4. The highest BCUT2D eigenvalue weighted by Crippen LogP contribution is 2.37. The van der Waals surface area contributed by atoms with Crippen LogP contribution in [0.2, 0.25) is 0 Å². The third-order valence-corrected chi connectivity index (χ3v) is 5.23. The molecule has 4 rings (SSSR count). The van der Waals surface area contributed by atoms with E-state index in [4.69, 9.17) is 0 Å². The normalized spacial score (nSPS) is 16.4. The number of nitrogens with zero attached hydrogens (tertiary/aromatic N) is 3. The second-order valence-electron chi connectivity index (χ2n) is 5.50. The van der Waals surface area contributed by atoms with E-state index < -0.39 is 0 Å². The van der Waals surface area contributed by atoms with Gasteiger partial charge in [-0.3, -0.25) is 4.79 Å². The van der Waals surface area contributed by atoms with Crippen molar-refractivity contribution in [3.63, 3.8) is 0 Å². The first kappa shape index (κ1) is 14.9. The molecule has 2 N–H and O–H groups in total. The lowest BCUT2D eigenvalue weighted by Gasteiger charge is -2.24. The number of aryl methyl sites for hydroxylation is 1. The molecule has 0 saturated carbocycles. The van der Waals surface area contributed by atoms with Crippen LogP contribution in [0.25, 0.3) is 11.4 Å². The molecule has 1 aliphatic heterocycles. The molecule has 1 amide bonds. The van der Waals surface area contributed by atoms with Crippen LogP contribution in [0.4, 0.5) is 5.69 Å². The van der Waals surface area contributed by atoms with Gasteiger partial charge in [-0.05, 0) is 52.8 Å². The maximum Gasteiger partial charge on any atom is 0.242 e. The van der Waals surface area contributed by atoms with Gasteiger partial charge in [-0.2, -0.15) is 5.21 Å². The van der Waals surface area contributed by atoms with Gasteiger partial charge >= 0.3 is 0 Å². The lowest BCUT2D eigenvalue weighted by molar-refractivity contribution is -0.115. The fourth-order valence-electron chi connectivity index (χ4n) is 2.81. The van der Waals surface area contributed by atoms with Crippen molar-refractivity contribution < 1.29 is 4.79 Å². The van der Waals surface area contributed by atoms with Crippen LogP contribution < -0.4 is 5.32 Å². The number of hydrogen-bond donors (Lipinski definition) is 2. The van der Waals surface area contributed by atoms with Gasteiger partial charge in [0, 0.05) is 11.3 Å². The predicted molar refractivity (Wildman–Crippen MR) is 93.6 cm³/mol. The van der Waals surface area contributed by atoms with Gasteiger partial charge in [0.15, 0.2) is 0 Å². The molecule has 0 spiro atoms. The fraction of sp³-hybridized carbons (Fsp3) is 0.176. The topological polar surface area (TPSA) is 83.6 Å². The number of benzene rings is 2. The molecule has 1 aliphatic rings. The maximum atomic E-state index is 12.7. The summed E-state index contributed by atoms with van der Waals surface area (Å²) in [7, 11) is 0. The van der Waals surface area contributed by atoms with Crippen molar-refractivity contribution in [2.45, 2.75) is 11.7 Å². The van der Waals surface area contributed by atoms with Gasteiger partial charge < -0.3 is 5.32 Å². The number of nitrogens with one attached hydrogen (secondary N) is 2. The van der Waals surface area contributed by atoms with Gasteiger partial charge in [0.2, 0.25) is 11.7 Å². The van der Waals surface area contributed by atoms with E-state index in [9.17, 15) is 4.79 Å². The first-order valence-electron chi connectivity index (χ1n) is 7.65. The first-order chi connectivity index (χ1) is 11.8. The molecule has 6 nitrogen and oxygen atoms in total. The minimum atomic E-state index is -0.160. The minimum absolute atomic E-state index is 0.0134. The van der Waals surface area contributed by atoms with Gasteiger partial charge in [-0.1, -0.05) is 24.3 Å². The summed E-state index contributed by atoms with van der Waals surface area (Å²) in [6.45, 7) is 0. The quantitative estimate of drug-likeness (QED) is 0.768. The van der Waals surface area contributed by atoms with Crippen LogP contribution in [0.5, 0.6) is 0 Å². The van der Waals surface area contributed by atoms with Crippen LogP contribution in [-0.2, 0) is 11.2 Å². The first-order valence-corrected chi connectivity index (χ1v) is 8.70. The molecule has 0 bridgehead atoms. The number of aromatic nitrogens is 4. The van der Waals surface area contributed by atoms with Crippen molar-refractivity contribution in [3.8, 4) is 11.4 Å². The average Bonchev–Trinajstić information content (AvgIpc) is 3.16. The van der Waals surface area contributed by atoms with Crippen LogP contribution >= 0.6 is 11.8 Å². The van der Waals surface area contributed by atoms with E-state index in [1.165, 1.54) is 5.56 Å². The van der Waals surface area contributed by atoms with Crippen LogP contribution in [0.1, 0.15) is 16.4 Å². The number of amides is 1. The number of thioether (sulfide) groups is 1. The Kier molecular flexibility index (Phi) is 4.00. The molecule has 2 heterocycles. The van der Waals surface area contributed by atoms with Crippen molar-refractivity contribution in [3.05, 3.63) is 59.7 Å². The maximum absolute atomic E-state index is 12.7. The van der Waals surface area contributed by atoms with Crippen molar-refractivity contribution in [1.82, 2.24) is 20.6 Å². The predicted octanol–water partition coefficient (Wildman–Crippen LogP) is 2.84. The van der Waals surface area contributed by atoms with Crippen LogP contribution in [0.15, 0.2) is 48.5 Å². The Bertz CT molecular complexity index is 848. The van der Waals surface area contributed by atoms with Crippen LogP contribution in [-0.4, -0.2) is 32.3 Å². The number of aromatic amines is 1. The average molecular weight is 337 g/mol. The molecule has 120 valence electrons. The Morgan fingerprint density at radius 2 is 2.00 bits per heavy atom. The Balaban J connectivity index is 1.51. The van der Waals surface area contributed by atoms with Crippen molar-refractivity contribution in [2.75, 3.05) is 11.1 Å².